The molecule has 0 unspecified atom stereocenters. The highest BCUT2D eigenvalue weighted by atomic mass is 35.5. The molecule has 0 radical (unpaired) electrons. The zero-order valence-corrected chi connectivity index (χ0v) is 15.9. The second kappa shape index (κ2) is 7.96. The van der Waals surface area contributed by atoms with Crippen molar-refractivity contribution in [2.45, 2.75) is 5.75 Å². The van der Waals surface area contributed by atoms with E-state index in [0.29, 0.717) is 44.5 Å². The molecule has 0 spiro atoms. The number of thioether (sulfide) groups is 1. The van der Waals surface area contributed by atoms with Crippen LogP contribution in [0, 0.1) is 5.82 Å². The van der Waals surface area contributed by atoms with E-state index in [2.05, 4.69) is 4.99 Å². The number of carbonyl (C=O) groups excluding carboxylic acids is 1. The van der Waals surface area contributed by atoms with Crippen LogP contribution in [0.5, 0.6) is 0 Å². The number of halogens is 4. The monoisotopic (exact) mass is 416 g/mol. The smallest absolute Gasteiger partial charge is 0.261 e. The second-order valence-corrected chi connectivity index (χ2v) is 7.43. The summed E-state index contributed by atoms with van der Waals surface area (Å²) in [5.74, 6) is -0.387. The number of nitrogens with zero attached hydrogens (tertiary/aromatic N) is 2. The number of rotatable bonds is 3. The van der Waals surface area contributed by atoms with Crippen LogP contribution in [0.2, 0.25) is 15.1 Å². The van der Waals surface area contributed by atoms with E-state index in [-0.39, 0.29) is 17.5 Å². The van der Waals surface area contributed by atoms with Crippen molar-refractivity contribution in [3.8, 4) is 0 Å². The van der Waals surface area contributed by atoms with E-state index in [1.807, 2.05) is 0 Å². The first-order valence-corrected chi connectivity index (χ1v) is 9.46. The number of benzene rings is 2. The molecule has 0 fully saturated rings. The highest BCUT2D eigenvalue weighted by Crippen LogP contribution is 2.28. The molecule has 130 valence electrons. The van der Waals surface area contributed by atoms with Crippen LogP contribution in [-0.2, 0) is 5.75 Å². The Hall–Kier alpha value is -1.27. The standard InChI is InChI=1S/C17H12Cl3FN2OS/c18-10-4-5-14(20)11(8-10)16(24)23-7-6-22-17(23)25-9-12-13(19)2-1-3-15(12)21/h1-5,8H,6-7,9H2. The molecule has 2 aromatic rings. The molecule has 2 aromatic carbocycles. The number of carbonyl (C=O) groups is 1. The summed E-state index contributed by atoms with van der Waals surface area (Å²) in [5.41, 5.74) is 0.699. The lowest BCUT2D eigenvalue weighted by atomic mass is 10.2. The van der Waals surface area contributed by atoms with E-state index in [1.54, 1.807) is 24.3 Å². The maximum absolute atomic E-state index is 13.9. The quantitative estimate of drug-likeness (QED) is 0.657. The van der Waals surface area contributed by atoms with E-state index in [0.717, 1.165) is 0 Å². The third kappa shape index (κ3) is 4.11. The topological polar surface area (TPSA) is 32.7 Å². The van der Waals surface area contributed by atoms with Crippen molar-refractivity contribution in [1.29, 1.82) is 0 Å². The van der Waals surface area contributed by atoms with Gasteiger partial charge in [-0.3, -0.25) is 14.7 Å². The Morgan fingerprint density at radius 3 is 2.76 bits per heavy atom. The first-order chi connectivity index (χ1) is 12.0. The fourth-order valence-electron chi connectivity index (χ4n) is 2.35. The van der Waals surface area contributed by atoms with Crippen molar-refractivity contribution in [2.75, 3.05) is 13.1 Å². The van der Waals surface area contributed by atoms with Gasteiger partial charge < -0.3 is 0 Å². The average Bonchev–Trinajstić information content (AvgIpc) is 3.04. The van der Waals surface area contributed by atoms with Crippen LogP contribution < -0.4 is 0 Å². The lowest BCUT2D eigenvalue weighted by molar-refractivity contribution is 0.0861. The van der Waals surface area contributed by atoms with Crippen molar-refractivity contribution in [1.82, 2.24) is 4.90 Å². The van der Waals surface area contributed by atoms with Gasteiger partial charge >= 0.3 is 0 Å². The lowest BCUT2D eigenvalue weighted by Crippen LogP contribution is -2.33. The Balaban J connectivity index is 1.77. The molecule has 0 saturated carbocycles. The fourth-order valence-corrected chi connectivity index (χ4v) is 4.11. The Morgan fingerprint density at radius 1 is 1.20 bits per heavy atom. The van der Waals surface area contributed by atoms with Crippen LogP contribution in [0.3, 0.4) is 0 Å². The summed E-state index contributed by atoms with van der Waals surface area (Å²) in [6.45, 7) is 0.923. The summed E-state index contributed by atoms with van der Waals surface area (Å²) < 4.78 is 13.9. The molecule has 1 heterocycles. The Labute approximate surface area is 163 Å². The van der Waals surface area contributed by atoms with Crippen LogP contribution in [0.25, 0.3) is 0 Å². The van der Waals surface area contributed by atoms with E-state index in [1.165, 1.54) is 28.8 Å². The highest BCUT2D eigenvalue weighted by molar-refractivity contribution is 8.13. The van der Waals surface area contributed by atoms with E-state index >= 15 is 0 Å². The molecule has 8 heteroatoms. The fraction of sp³-hybridized carbons (Fsp3) is 0.176. The van der Waals surface area contributed by atoms with Crippen LogP contribution in [-0.4, -0.2) is 29.1 Å². The first kappa shape index (κ1) is 18.5. The number of amidine groups is 1. The SMILES string of the molecule is O=C(c1cc(Cl)ccc1Cl)N1CCN=C1SCc1c(F)cccc1Cl. The minimum atomic E-state index is -0.380. The molecule has 0 aromatic heterocycles. The second-order valence-electron chi connectivity index (χ2n) is 5.23. The summed E-state index contributed by atoms with van der Waals surface area (Å²) in [6, 6.07) is 9.26. The molecule has 0 N–H and O–H groups in total. The van der Waals surface area contributed by atoms with Crippen molar-refractivity contribution in [3.63, 3.8) is 0 Å². The number of aliphatic imine (C=N–C) groups is 1. The van der Waals surface area contributed by atoms with Crippen LogP contribution in [0.15, 0.2) is 41.4 Å². The molecule has 3 rings (SSSR count). The van der Waals surface area contributed by atoms with Crippen LogP contribution in [0.4, 0.5) is 4.39 Å². The predicted molar refractivity (Wildman–Crippen MR) is 103 cm³/mol. The third-order valence-electron chi connectivity index (χ3n) is 3.61. The van der Waals surface area contributed by atoms with E-state index in [4.69, 9.17) is 34.8 Å². The van der Waals surface area contributed by atoms with Gasteiger partial charge in [-0.15, -0.1) is 0 Å². The molecule has 3 nitrogen and oxygen atoms in total. The van der Waals surface area contributed by atoms with Gasteiger partial charge in [0, 0.05) is 27.9 Å². The summed E-state index contributed by atoms with van der Waals surface area (Å²) in [4.78, 5) is 18.6. The van der Waals surface area contributed by atoms with Crippen molar-refractivity contribution >= 4 is 57.6 Å². The molecule has 0 atom stereocenters. The number of hydrogen-bond acceptors (Lipinski definition) is 3. The van der Waals surface area contributed by atoms with Gasteiger partial charge in [-0.25, -0.2) is 4.39 Å². The molecule has 1 amide bonds. The number of hydrogen-bond donors (Lipinski definition) is 0. The normalized spacial score (nSPS) is 13.9. The van der Waals surface area contributed by atoms with Gasteiger partial charge in [0.1, 0.15) is 5.82 Å². The van der Waals surface area contributed by atoms with Gasteiger partial charge in [-0.1, -0.05) is 52.6 Å². The summed E-state index contributed by atoms with van der Waals surface area (Å²) >= 11 is 19.4. The third-order valence-corrected chi connectivity index (χ3v) is 5.57. The van der Waals surface area contributed by atoms with E-state index in [9.17, 15) is 9.18 Å². The molecule has 1 aliphatic rings. The van der Waals surface area contributed by atoms with Crippen LogP contribution >= 0.6 is 46.6 Å². The van der Waals surface area contributed by atoms with Crippen LogP contribution in [0.1, 0.15) is 15.9 Å². The maximum atomic E-state index is 13.9. The zero-order chi connectivity index (χ0) is 18.0. The molecule has 1 aliphatic heterocycles. The summed E-state index contributed by atoms with van der Waals surface area (Å²) in [5, 5.41) is 1.61. The van der Waals surface area contributed by atoms with Gasteiger partial charge in [0.2, 0.25) is 0 Å². The van der Waals surface area contributed by atoms with Gasteiger partial charge in [-0.05, 0) is 30.3 Å². The average molecular weight is 418 g/mol. The Kier molecular flexibility index (Phi) is 5.89. The van der Waals surface area contributed by atoms with Gasteiger partial charge in [0.25, 0.3) is 5.91 Å². The molecular formula is C17H12Cl3FN2OS. The molecular weight excluding hydrogens is 406 g/mol. The largest absolute Gasteiger partial charge is 0.286 e. The minimum Gasteiger partial charge on any atom is -0.286 e. The maximum Gasteiger partial charge on any atom is 0.261 e. The summed E-state index contributed by atoms with van der Waals surface area (Å²) in [7, 11) is 0. The Morgan fingerprint density at radius 2 is 2.00 bits per heavy atom. The summed E-state index contributed by atoms with van der Waals surface area (Å²) in [6.07, 6.45) is 0. The molecule has 25 heavy (non-hydrogen) atoms. The Bertz CT molecular complexity index is 840. The highest BCUT2D eigenvalue weighted by Gasteiger charge is 2.27. The van der Waals surface area contributed by atoms with Crippen molar-refractivity contribution < 1.29 is 9.18 Å². The van der Waals surface area contributed by atoms with Crippen molar-refractivity contribution in [2.24, 2.45) is 4.99 Å². The minimum absolute atomic E-state index is 0.275. The molecule has 0 bridgehead atoms. The van der Waals surface area contributed by atoms with E-state index < -0.39 is 0 Å². The van der Waals surface area contributed by atoms with Gasteiger partial charge in [-0.2, -0.15) is 0 Å². The molecule has 0 aliphatic carbocycles. The lowest BCUT2D eigenvalue weighted by Gasteiger charge is -2.19. The van der Waals surface area contributed by atoms with Gasteiger partial charge in [0.15, 0.2) is 5.17 Å². The number of amides is 1. The first-order valence-electron chi connectivity index (χ1n) is 7.34. The predicted octanol–water partition coefficient (Wildman–Crippen LogP) is 5.53. The molecule has 0 saturated heterocycles. The van der Waals surface area contributed by atoms with Gasteiger partial charge in [0.05, 0.1) is 17.1 Å². The van der Waals surface area contributed by atoms with Crippen molar-refractivity contribution in [3.05, 3.63) is 68.4 Å². The zero-order valence-electron chi connectivity index (χ0n) is 12.8.